The lowest BCUT2D eigenvalue weighted by Crippen LogP contribution is -2.08. The number of aromatic nitrogens is 1. The zero-order valence-electron chi connectivity index (χ0n) is 9.92. The molecule has 4 heteroatoms. The van der Waals surface area contributed by atoms with Crippen LogP contribution in [-0.2, 0) is 6.42 Å². The zero-order valence-corrected chi connectivity index (χ0v) is 13.7. The van der Waals surface area contributed by atoms with Crippen molar-refractivity contribution in [2.75, 3.05) is 13.1 Å². The molecule has 1 atom stereocenters. The van der Waals surface area contributed by atoms with Crippen LogP contribution in [0.3, 0.4) is 0 Å². The number of halogens is 2. The highest BCUT2D eigenvalue weighted by molar-refractivity contribution is 14.1. The smallest absolute Gasteiger partial charge is 0.106 e. The lowest BCUT2D eigenvalue weighted by molar-refractivity contribution is 0.721. The Balaban J connectivity index is 1.91. The fourth-order valence-electron chi connectivity index (χ4n) is 2.56. The average Bonchev–Trinajstić information content (AvgIpc) is 2.83. The second kappa shape index (κ2) is 5.43. The van der Waals surface area contributed by atoms with Crippen LogP contribution in [0.25, 0.3) is 3.58 Å². The fraction of sp³-hybridized carbons (Fsp3) is 0.357. The Morgan fingerprint density at radius 1 is 1.50 bits per heavy atom. The van der Waals surface area contributed by atoms with E-state index >= 15 is 0 Å². The maximum atomic E-state index is 4.34. The van der Waals surface area contributed by atoms with E-state index in [2.05, 4.69) is 67.0 Å². The van der Waals surface area contributed by atoms with E-state index in [1.54, 1.807) is 0 Å². The van der Waals surface area contributed by atoms with Gasteiger partial charge in [0.15, 0.2) is 0 Å². The van der Waals surface area contributed by atoms with Gasteiger partial charge in [0, 0.05) is 16.3 Å². The number of hydrogen-bond donors (Lipinski definition) is 1. The van der Waals surface area contributed by atoms with Gasteiger partial charge in [-0.05, 0) is 92.7 Å². The Morgan fingerprint density at radius 2 is 2.39 bits per heavy atom. The Hall–Kier alpha value is -0.200. The van der Waals surface area contributed by atoms with Gasteiger partial charge in [0.25, 0.3) is 0 Å². The normalized spacial score (nSPS) is 25.1. The van der Waals surface area contributed by atoms with Gasteiger partial charge < -0.3 is 5.32 Å². The summed E-state index contributed by atoms with van der Waals surface area (Å²) in [5, 5.41) is 3.41. The van der Waals surface area contributed by atoms with Crippen molar-refractivity contribution < 1.29 is 0 Å². The van der Waals surface area contributed by atoms with Gasteiger partial charge in [0.2, 0.25) is 0 Å². The molecule has 94 valence electrons. The molecule has 1 aliphatic carbocycles. The lowest BCUT2D eigenvalue weighted by Gasteiger charge is -2.17. The van der Waals surface area contributed by atoms with Crippen molar-refractivity contribution in [3.05, 3.63) is 45.7 Å². The molecule has 1 aliphatic heterocycles. The second-order valence-electron chi connectivity index (χ2n) is 4.83. The van der Waals surface area contributed by atoms with Crippen LogP contribution >= 0.6 is 38.5 Å². The molecular formula is C14H14BrIN2. The number of nitrogens with zero attached hydrogens (tertiary/aromatic N) is 1. The highest BCUT2D eigenvalue weighted by Crippen LogP contribution is 2.34. The Labute approximate surface area is 129 Å². The average molecular weight is 417 g/mol. The van der Waals surface area contributed by atoms with E-state index < -0.39 is 0 Å². The minimum atomic E-state index is 0.699. The number of nitrogens with one attached hydrogen (secondary N) is 1. The van der Waals surface area contributed by atoms with Crippen molar-refractivity contribution in [2.45, 2.75) is 12.8 Å². The Morgan fingerprint density at radius 3 is 3.17 bits per heavy atom. The summed E-state index contributed by atoms with van der Waals surface area (Å²) in [6, 6.07) is 2.11. The van der Waals surface area contributed by atoms with Crippen LogP contribution in [0.4, 0.5) is 0 Å². The first-order valence-electron chi connectivity index (χ1n) is 6.16. The van der Waals surface area contributed by atoms with Crippen molar-refractivity contribution in [3.8, 4) is 0 Å². The van der Waals surface area contributed by atoms with E-state index in [0.29, 0.717) is 5.92 Å². The third-order valence-corrected chi connectivity index (χ3v) is 4.79. The standard InChI is InChI=1S/C14H14BrIN2/c15-14-6-12-11(8-18-14)4-10(5-13(12)16)3-9-1-2-17-7-9/h3,5-6,8-9,17H,1-2,4,7H2/b10-3-. The van der Waals surface area contributed by atoms with Crippen molar-refractivity contribution in [2.24, 2.45) is 5.92 Å². The van der Waals surface area contributed by atoms with Crippen LogP contribution in [0.5, 0.6) is 0 Å². The third kappa shape index (κ3) is 2.70. The molecule has 2 heterocycles. The molecule has 0 aromatic carbocycles. The summed E-state index contributed by atoms with van der Waals surface area (Å²) in [7, 11) is 0. The summed E-state index contributed by atoms with van der Waals surface area (Å²) in [6.45, 7) is 2.28. The SMILES string of the molecule is Brc1cc2c(cn1)C/C(=C/C1CCNC1)C=C2I. The van der Waals surface area contributed by atoms with Gasteiger partial charge in [-0.2, -0.15) is 0 Å². The predicted octanol–water partition coefficient (Wildman–Crippen LogP) is 3.71. The molecule has 0 spiro atoms. The summed E-state index contributed by atoms with van der Waals surface area (Å²) in [4.78, 5) is 4.34. The van der Waals surface area contributed by atoms with E-state index in [9.17, 15) is 0 Å². The molecule has 1 fully saturated rings. The van der Waals surface area contributed by atoms with Crippen LogP contribution in [-0.4, -0.2) is 18.1 Å². The minimum Gasteiger partial charge on any atom is -0.316 e. The maximum absolute atomic E-state index is 4.34. The Kier molecular flexibility index (Phi) is 3.86. The van der Waals surface area contributed by atoms with Gasteiger partial charge in [0.1, 0.15) is 4.60 Å². The quantitative estimate of drug-likeness (QED) is 0.557. The Bertz CT molecular complexity index is 531. The van der Waals surface area contributed by atoms with Crippen LogP contribution in [0, 0.1) is 5.92 Å². The number of pyridine rings is 1. The van der Waals surface area contributed by atoms with E-state index in [4.69, 9.17) is 0 Å². The molecule has 1 unspecified atom stereocenters. The molecule has 0 amide bonds. The molecule has 0 saturated carbocycles. The van der Waals surface area contributed by atoms with Gasteiger partial charge >= 0.3 is 0 Å². The van der Waals surface area contributed by atoms with Gasteiger partial charge in [-0.3, -0.25) is 0 Å². The topological polar surface area (TPSA) is 24.9 Å². The number of fused-ring (bicyclic) bond motifs is 1. The first-order chi connectivity index (χ1) is 8.72. The molecule has 2 nitrogen and oxygen atoms in total. The van der Waals surface area contributed by atoms with Crippen molar-refractivity contribution in [1.29, 1.82) is 0 Å². The van der Waals surface area contributed by atoms with E-state index in [0.717, 1.165) is 24.1 Å². The van der Waals surface area contributed by atoms with Crippen molar-refractivity contribution >= 4 is 42.1 Å². The molecule has 1 N–H and O–H groups in total. The third-order valence-electron chi connectivity index (χ3n) is 3.47. The highest BCUT2D eigenvalue weighted by atomic mass is 127. The number of allylic oxidation sites excluding steroid dienone is 2. The van der Waals surface area contributed by atoms with Gasteiger partial charge in [-0.25, -0.2) is 4.98 Å². The summed E-state index contributed by atoms with van der Waals surface area (Å²) in [5.74, 6) is 0.699. The lowest BCUT2D eigenvalue weighted by atomic mass is 9.93. The van der Waals surface area contributed by atoms with E-state index in [1.807, 2.05) is 6.20 Å². The van der Waals surface area contributed by atoms with E-state index in [1.165, 1.54) is 26.7 Å². The molecule has 18 heavy (non-hydrogen) atoms. The number of rotatable bonds is 1. The maximum Gasteiger partial charge on any atom is 0.106 e. The predicted molar refractivity (Wildman–Crippen MR) is 86.7 cm³/mol. The highest BCUT2D eigenvalue weighted by Gasteiger charge is 2.17. The van der Waals surface area contributed by atoms with Gasteiger partial charge in [-0.1, -0.05) is 6.08 Å². The first kappa shape index (κ1) is 12.8. The van der Waals surface area contributed by atoms with Gasteiger partial charge in [-0.15, -0.1) is 0 Å². The molecule has 0 radical (unpaired) electrons. The molecule has 1 aromatic heterocycles. The number of hydrogen-bond acceptors (Lipinski definition) is 2. The summed E-state index contributed by atoms with van der Waals surface area (Å²) < 4.78 is 2.23. The molecule has 0 bridgehead atoms. The largest absolute Gasteiger partial charge is 0.316 e. The molecule has 1 saturated heterocycles. The molecule has 2 aliphatic rings. The van der Waals surface area contributed by atoms with Gasteiger partial charge in [0.05, 0.1) is 0 Å². The van der Waals surface area contributed by atoms with Crippen LogP contribution < -0.4 is 5.32 Å². The second-order valence-corrected chi connectivity index (χ2v) is 6.80. The minimum absolute atomic E-state index is 0.699. The molecule has 1 aromatic rings. The van der Waals surface area contributed by atoms with Crippen molar-refractivity contribution in [1.82, 2.24) is 10.3 Å². The summed E-state index contributed by atoms with van der Waals surface area (Å²) in [5.41, 5.74) is 4.09. The summed E-state index contributed by atoms with van der Waals surface area (Å²) >= 11 is 5.86. The van der Waals surface area contributed by atoms with Crippen LogP contribution in [0.2, 0.25) is 0 Å². The van der Waals surface area contributed by atoms with Crippen LogP contribution in [0.1, 0.15) is 17.5 Å². The summed E-state index contributed by atoms with van der Waals surface area (Å²) in [6.07, 6.45) is 9.01. The van der Waals surface area contributed by atoms with E-state index in [-0.39, 0.29) is 0 Å². The van der Waals surface area contributed by atoms with Crippen LogP contribution in [0.15, 0.2) is 34.6 Å². The fourth-order valence-corrected chi connectivity index (χ4v) is 3.80. The zero-order chi connectivity index (χ0) is 12.5. The molecular weight excluding hydrogens is 403 g/mol. The molecule has 3 rings (SSSR count). The monoisotopic (exact) mass is 416 g/mol. The first-order valence-corrected chi connectivity index (χ1v) is 8.03. The van der Waals surface area contributed by atoms with Crippen molar-refractivity contribution in [3.63, 3.8) is 0 Å².